The molecular weight excluding hydrogens is 400 g/mol. The van der Waals surface area contributed by atoms with Crippen molar-refractivity contribution in [3.63, 3.8) is 0 Å². The summed E-state index contributed by atoms with van der Waals surface area (Å²) in [7, 11) is 0. The summed E-state index contributed by atoms with van der Waals surface area (Å²) in [5.74, 6) is 0. The Kier molecular flexibility index (Phi) is 3.90. The molecule has 7 rings (SSSR count). The topological polar surface area (TPSA) is 6.48 Å². The van der Waals surface area contributed by atoms with Crippen LogP contribution in [0.4, 0.5) is 11.4 Å². The number of anilines is 2. The Bertz CT molecular complexity index is 1450. The quantitative estimate of drug-likeness (QED) is 0.287. The first-order chi connectivity index (χ1) is 16.2. The smallest absolute Gasteiger partial charge is 0.107 e. The van der Waals surface area contributed by atoms with E-state index in [1.54, 1.807) is 0 Å². The molecule has 2 aliphatic carbocycles. The lowest BCUT2D eigenvalue weighted by Crippen LogP contribution is -2.36. The zero-order chi connectivity index (χ0) is 22.1. The van der Waals surface area contributed by atoms with Gasteiger partial charge in [-0.2, -0.15) is 0 Å². The second kappa shape index (κ2) is 6.86. The van der Waals surface area contributed by atoms with E-state index in [9.17, 15) is 0 Å². The number of para-hydroxylation sites is 1. The van der Waals surface area contributed by atoms with Crippen molar-refractivity contribution >= 4 is 11.4 Å². The molecule has 4 aromatic rings. The highest BCUT2D eigenvalue weighted by molar-refractivity contribution is 6.00. The van der Waals surface area contributed by atoms with E-state index in [1.165, 1.54) is 61.4 Å². The molecule has 33 heavy (non-hydrogen) atoms. The first kappa shape index (κ1) is 18.8. The summed E-state index contributed by atoms with van der Waals surface area (Å²) in [6.07, 6.45) is 6.75. The van der Waals surface area contributed by atoms with Crippen molar-refractivity contribution in [3.8, 4) is 22.3 Å². The fourth-order valence-corrected chi connectivity index (χ4v) is 6.22. The van der Waals surface area contributed by atoms with Crippen molar-refractivity contribution in [1.29, 1.82) is 0 Å². The molecule has 1 aliphatic heterocycles. The molecule has 0 fully saturated rings. The summed E-state index contributed by atoms with van der Waals surface area (Å²) >= 11 is 0. The van der Waals surface area contributed by atoms with Crippen LogP contribution in [-0.4, -0.2) is 6.17 Å². The minimum absolute atomic E-state index is 0.223. The molecular formula is C31H26N2. The van der Waals surface area contributed by atoms with Gasteiger partial charge in [0.05, 0.1) is 0 Å². The molecule has 0 bridgehead atoms. The highest BCUT2D eigenvalue weighted by Gasteiger charge is 2.36. The monoisotopic (exact) mass is 426 g/mol. The van der Waals surface area contributed by atoms with Gasteiger partial charge in [0, 0.05) is 30.2 Å². The van der Waals surface area contributed by atoms with Crippen LogP contribution >= 0.6 is 0 Å². The largest absolute Gasteiger partial charge is 0.326 e. The third kappa shape index (κ3) is 2.55. The maximum Gasteiger partial charge on any atom is 0.107 e. The molecule has 0 radical (unpaired) electrons. The number of fused-ring (bicyclic) bond motifs is 7. The summed E-state index contributed by atoms with van der Waals surface area (Å²) in [4.78, 5) is 4.87. The van der Waals surface area contributed by atoms with Crippen LogP contribution in [0, 0.1) is 6.92 Å². The van der Waals surface area contributed by atoms with Crippen molar-refractivity contribution < 1.29 is 0 Å². The van der Waals surface area contributed by atoms with Gasteiger partial charge in [0.15, 0.2) is 0 Å². The van der Waals surface area contributed by atoms with E-state index in [2.05, 4.69) is 115 Å². The van der Waals surface area contributed by atoms with Crippen LogP contribution in [0.15, 0.2) is 91.3 Å². The minimum Gasteiger partial charge on any atom is -0.326 e. The first-order valence-electron chi connectivity index (χ1n) is 11.9. The van der Waals surface area contributed by atoms with Crippen molar-refractivity contribution in [2.24, 2.45) is 0 Å². The van der Waals surface area contributed by atoms with E-state index in [0.717, 1.165) is 12.8 Å². The van der Waals surface area contributed by atoms with Gasteiger partial charge in [0.25, 0.3) is 0 Å². The fraction of sp³-hybridized carbons (Fsp3) is 0.161. The van der Waals surface area contributed by atoms with Crippen molar-refractivity contribution in [1.82, 2.24) is 0 Å². The van der Waals surface area contributed by atoms with E-state index in [1.807, 2.05) is 0 Å². The standard InChI is InChI=1S/C31H26N2/c1-20-27-18-22-10-6-8-14-25(22)29(27)30-26-15-9-7-11-23(26)19-28(30)31(20)33-17-16-32(21(33)2)24-12-4-3-5-13-24/h3-17,21H,18-19H2,1-2H3/t21-/m0/s1. The SMILES string of the molecule is Cc1c2c(c3c(c1N1C=CN(c4ccccc4)[C@@H]1C)Cc1ccccc1-3)-c1ccccc1C2. The molecule has 0 saturated heterocycles. The van der Waals surface area contributed by atoms with Gasteiger partial charge in [-0.25, -0.2) is 0 Å². The van der Waals surface area contributed by atoms with Crippen molar-refractivity contribution in [2.75, 3.05) is 9.80 Å². The average molecular weight is 427 g/mol. The Hall–Kier alpha value is -3.78. The van der Waals surface area contributed by atoms with Gasteiger partial charge >= 0.3 is 0 Å². The molecule has 0 aromatic heterocycles. The Balaban J connectivity index is 1.45. The second-order valence-corrected chi connectivity index (χ2v) is 9.43. The molecule has 1 atom stereocenters. The molecule has 1 heterocycles. The van der Waals surface area contributed by atoms with Gasteiger partial charge in [0.1, 0.15) is 6.17 Å². The predicted molar refractivity (Wildman–Crippen MR) is 138 cm³/mol. The highest BCUT2D eigenvalue weighted by Crippen LogP contribution is 2.54. The van der Waals surface area contributed by atoms with E-state index in [0.29, 0.717) is 0 Å². The highest BCUT2D eigenvalue weighted by atomic mass is 15.4. The van der Waals surface area contributed by atoms with Crippen LogP contribution in [-0.2, 0) is 12.8 Å². The van der Waals surface area contributed by atoms with Crippen LogP contribution in [0.5, 0.6) is 0 Å². The van der Waals surface area contributed by atoms with Gasteiger partial charge in [-0.3, -0.25) is 0 Å². The lowest BCUT2D eigenvalue weighted by molar-refractivity contribution is 0.745. The van der Waals surface area contributed by atoms with Crippen LogP contribution in [0.2, 0.25) is 0 Å². The van der Waals surface area contributed by atoms with Crippen molar-refractivity contribution in [2.45, 2.75) is 32.9 Å². The number of benzene rings is 4. The normalized spacial score (nSPS) is 17.2. The summed E-state index contributed by atoms with van der Waals surface area (Å²) in [5, 5.41) is 0. The number of hydrogen-bond acceptors (Lipinski definition) is 2. The molecule has 4 aromatic carbocycles. The Labute approximate surface area is 195 Å². The van der Waals surface area contributed by atoms with Gasteiger partial charge in [-0.15, -0.1) is 0 Å². The average Bonchev–Trinajstić information content (AvgIpc) is 3.53. The molecule has 2 nitrogen and oxygen atoms in total. The van der Waals surface area contributed by atoms with Crippen LogP contribution in [0.25, 0.3) is 22.3 Å². The van der Waals surface area contributed by atoms with Crippen LogP contribution < -0.4 is 9.80 Å². The molecule has 0 unspecified atom stereocenters. The zero-order valence-electron chi connectivity index (χ0n) is 19.0. The Morgan fingerprint density at radius 3 is 1.88 bits per heavy atom. The fourth-order valence-electron chi connectivity index (χ4n) is 6.22. The summed E-state index contributed by atoms with van der Waals surface area (Å²) < 4.78 is 0. The Morgan fingerprint density at radius 1 is 0.636 bits per heavy atom. The third-order valence-electron chi connectivity index (χ3n) is 7.76. The maximum atomic E-state index is 2.50. The molecule has 0 spiro atoms. The van der Waals surface area contributed by atoms with E-state index < -0.39 is 0 Å². The van der Waals surface area contributed by atoms with Crippen molar-refractivity contribution in [3.05, 3.63) is 119 Å². The van der Waals surface area contributed by atoms with Gasteiger partial charge in [-0.05, 0) is 82.5 Å². The number of rotatable bonds is 2. The minimum atomic E-state index is 0.223. The molecule has 160 valence electrons. The second-order valence-electron chi connectivity index (χ2n) is 9.43. The molecule has 2 heteroatoms. The van der Waals surface area contributed by atoms with Gasteiger partial charge < -0.3 is 9.80 Å². The predicted octanol–water partition coefficient (Wildman–Crippen LogP) is 7.28. The van der Waals surface area contributed by atoms with Crippen LogP contribution in [0.1, 0.15) is 34.7 Å². The third-order valence-corrected chi connectivity index (χ3v) is 7.76. The number of nitrogens with zero attached hydrogens (tertiary/aromatic N) is 2. The summed E-state index contributed by atoms with van der Waals surface area (Å²) in [5.41, 5.74) is 15.7. The lowest BCUT2D eigenvalue weighted by atomic mass is 9.89. The van der Waals surface area contributed by atoms with E-state index >= 15 is 0 Å². The van der Waals surface area contributed by atoms with Gasteiger partial charge in [-0.1, -0.05) is 66.7 Å². The maximum absolute atomic E-state index is 2.50. The summed E-state index contributed by atoms with van der Waals surface area (Å²) in [6, 6.07) is 28.7. The summed E-state index contributed by atoms with van der Waals surface area (Å²) in [6.45, 7) is 4.65. The molecule has 0 N–H and O–H groups in total. The van der Waals surface area contributed by atoms with E-state index in [-0.39, 0.29) is 6.17 Å². The first-order valence-corrected chi connectivity index (χ1v) is 11.9. The van der Waals surface area contributed by atoms with E-state index in [4.69, 9.17) is 0 Å². The number of hydrogen-bond donors (Lipinski definition) is 0. The lowest BCUT2D eigenvalue weighted by Gasteiger charge is -2.33. The zero-order valence-corrected chi connectivity index (χ0v) is 19.0. The van der Waals surface area contributed by atoms with Gasteiger partial charge in [0.2, 0.25) is 0 Å². The Morgan fingerprint density at radius 2 is 1.18 bits per heavy atom. The van der Waals surface area contributed by atoms with Crippen LogP contribution in [0.3, 0.4) is 0 Å². The molecule has 0 saturated carbocycles. The molecule has 3 aliphatic rings. The molecule has 0 amide bonds.